The highest BCUT2D eigenvalue weighted by atomic mass is 35.5. The average Bonchev–Trinajstić information content (AvgIpc) is 2.69. The molecule has 0 aliphatic carbocycles. The van der Waals surface area contributed by atoms with E-state index >= 15 is 0 Å². The maximum absolute atomic E-state index is 12.6. The van der Waals surface area contributed by atoms with Crippen LogP contribution in [0.15, 0.2) is 12.1 Å². The lowest BCUT2D eigenvalue weighted by molar-refractivity contribution is 0.0760. The lowest BCUT2D eigenvalue weighted by Gasteiger charge is -2.21. The number of amides is 1. The third-order valence-corrected chi connectivity index (χ3v) is 4.78. The van der Waals surface area contributed by atoms with Crippen molar-refractivity contribution in [3.05, 3.63) is 27.7 Å². The highest BCUT2D eigenvalue weighted by Crippen LogP contribution is 2.30. The van der Waals surface area contributed by atoms with E-state index in [0.29, 0.717) is 21.3 Å². The van der Waals surface area contributed by atoms with Crippen molar-refractivity contribution in [3.63, 3.8) is 0 Å². The summed E-state index contributed by atoms with van der Waals surface area (Å²) < 4.78 is 0. The Hall–Kier alpha value is -0.930. The molecule has 2 N–H and O–H groups in total. The van der Waals surface area contributed by atoms with Gasteiger partial charge in [-0.1, -0.05) is 43.0 Å². The van der Waals surface area contributed by atoms with E-state index in [9.17, 15) is 4.79 Å². The standard InChI is InChI=1S/C16H22Cl2N2O/c1-2-4-11-5-3-7-20(8-6-11)16(21)12-9-13(17)15(19)14(18)10-12/h9-11H,2-8,19H2,1H3. The molecule has 1 heterocycles. The average molecular weight is 329 g/mol. The molecule has 21 heavy (non-hydrogen) atoms. The van der Waals surface area contributed by atoms with Crippen LogP contribution in [-0.2, 0) is 0 Å². The fourth-order valence-corrected chi connectivity index (χ4v) is 3.44. The summed E-state index contributed by atoms with van der Waals surface area (Å²) in [6, 6.07) is 3.22. The van der Waals surface area contributed by atoms with E-state index < -0.39 is 0 Å². The monoisotopic (exact) mass is 328 g/mol. The van der Waals surface area contributed by atoms with Gasteiger partial charge < -0.3 is 10.6 Å². The summed E-state index contributed by atoms with van der Waals surface area (Å²) in [5.41, 5.74) is 6.57. The first-order chi connectivity index (χ1) is 10.0. The van der Waals surface area contributed by atoms with Crippen molar-refractivity contribution in [3.8, 4) is 0 Å². The lowest BCUT2D eigenvalue weighted by atomic mass is 9.96. The van der Waals surface area contributed by atoms with Crippen LogP contribution >= 0.6 is 23.2 Å². The molecular weight excluding hydrogens is 307 g/mol. The second-order valence-electron chi connectivity index (χ2n) is 5.73. The van der Waals surface area contributed by atoms with Crippen molar-refractivity contribution in [1.29, 1.82) is 0 Å². The molecule has 1 fully saturated rings. The summed E-state index contributed by atoms with van der Waals surface area (Å²) in [6.45, 7) is 3.83. The van der Waals surface area contributed by atoms with E-state index in [4.69, 9.17) is 28.9 Å². The van der Waals surface area contributed by atoms with Gasteiger partial charge in [-0.2, -0.15) is 0 Å². The maximum atomic E-state index is 12.6. The topological polar surface area (TPSA) is 46.3 Å². The van der Waals surface area contributed by atoms with Crippen molar-refractivity contribution >= 4 is 34.8 Å². The van der Waals surface area contributed by atoms with Crippen molar-refractivity contribution < 1.29 is 4.79 Å². The quantitative estimate of drug-likeness (QED) is 0.823. The highest BCUT2D eigenvalue weighted by Gasteiger charge is 2.22. The Balaban J connectivity index is 2.09. The number of hydrogen-bond acceptors (Lipinski definition) is 2. The number of carbonyl (C=O) groups excluding carboxylic acids is 1. The molecule has 1 saturated heterocycles. The Bertz CT molecular complexity index is 496. The van der Waals surface area contributed by atoms with Gasteiger partial charge in [0.15, 0.2) is 0 Å². The molecule has 1 aliphatic rings. The van der Waals surface area contributed by atoms with Crippen LogP contribution in [0, 0.1) is 5.92 Å². The number of anilines is 1. The molecule has 1 aromatic rings. The van der Waals surface area contributed by atoms with Crippen molar-refractivity contribution in [2.75, 3.05) is 18.8 Å². The molecule has 5 heteroatoms. The minimum absolute atomic E-state index is 0.00375. The summed E-state index contributed by atoms with van der Waals surface area (Å²) >= 11 is 12.0. The molecule has 1 aliphatic heterocycles. The molecule has 0 bridgehead atoms. The molecule has 1 aromatic carbocycles. The van der Waals surface area contributed by atoms with Gasteiger partial charge >= 0.3 is 0 Å². The van der Waals surface area contributed by atoms with Crippen LogP contribution in [0.25, 0.3) is 0 Å². The molecule has 2 rings (SSSR count). The Morgan fingerprint density at radius 3 is 2.57 bits per heavy atom. The number of rotatable bonds is 3. The summed E-state index contributed by atoms with van der Waals surface area (Å²) in [6.07, 6.45) is 5.81. The second kappa shape index (κ2) is 7.37. The van der Waals surface area contributed by atoms with Crippen LogP contribution in [0.1, 0.15) is 49.4 Å². The second-order valence-corrected chi connectivity index (χ2v) is 6.55. The van der Waals surface area contributed by atoms with Gasteiger partial charge in [-0.05, 0) is 37.3 Å². The normalized spacial score (nSPS) is 19.4. The number of hydrogen-bond donors (Lipinski definition) is 1. The van der Waals surface area contributed by atoms with Gasteiger partial charge in [0.25, 0.3) is 5.91 Å². The Morgan fingerprint density at radius 1 is 1.29 bits per heavy atom. The smallest absolute Gasteiger partial charge is 0.253 e. The zero-order chi connectivity index (χ0) is 15.4. The molecule has 0 aromatic heterocycles. The van der Waals surface area contributed by atoms with E-state index in [1.807, 2.05) is 4.90 Å². The van der Waals surface area contributed by atoms with E-state index in [0.717, 1.165) is 31.8 Å². The van der Waals surface area contributed by atoms with E-state index in [1.165, 1.54) is 19.3 Å². The molecule has 1 atom stereocenters. The van der Waals surface area contributed by atoms with Crippen LogP contribution in [0.2, 0.25) is 10.0 Å². The van der Waals surface area contributed by atoms with Crippen LogP contribution in [0.4, 0.5) is 5.69 Å². The number of nitrogens with zero attached hydrogens (tertiary/aromatic N) is 1. The van der Waals surface area contributed by atoms with E-state index in [-0.39, 0.29) is 5.91 Å². The zero-order valence-electron chi connectivity index (χ0n) is 12.4. The maximum Gasteiger partial charge on any atom is 0.253 e. The Kier molecular flexibility index (Phi) is 5.77. The first-order valence-corrected chi connectivity index (χ1v) is 8.32. The zero-order valence-corrected chi connectivity index (χ0v) is 13.9. The third-order valence-electron chi connectivity index (χ3n) is 4.16. The Morgan fingerprint density at radius 2 is 1.95 bits per heavy atom. The van der Waals surface area contributed by atoms with Gasteiger partial charge in [0.05, 0.1) is 15.7 Å². The number of halogens is 2. The molecule has 1 unspecified atom stereocenters. The fraction of sp³-hybridized carbons (Fsp3) is 0.562. The van der Waals surface area contributed by atoms with Crippen LogP contribution in [0.3, 0.4) is 0 Å². The summed E-state index contributed by atoms with van der Waals surface area (Å²) in [5, 5.41) is 0.675. The van der Waals surface area contributed by atoms with E-state index in [2.05, 4.69) is 6.92 Å². The number of nitrogen functional groups attached to an aromatic ring is 1. The number of nitrogens with two attached hydrogens (primary N) is 1. The predicted octanol–water partition coefficient (Wildman–Crippen LogP) is 4.62. The molecule has 0 saturated carbocycles. The van der Waals surface area contributed by atoms with Gasteiger partial charge in [0, 0.05) is 18.7 Å². The molecule has 0 radical (unpaired) electrons. The minimum atomic E-state index is -0.00375. The SMILES string of the molecule is CCCC1CCCN(C(=O)c2cc(Cl)c(N)c(Cl)c2)CC1. The summed E-state index contributed by atoms with van der Waals surface area (Å²) in [4.78, 5) is 14.5. The van der Waals surface area contributed by atoms with Gasteiger partial charge in [-0.15, -0.1) is 0 Å². The first kappa shape index (κ1) is 16.4. The van der Waals surface area contributed by atoms with E-state index in [1.54, 1.807) is 12.1 Å². The predicted molar refractivity (Wildman–Crippen MR) is 89.0 cm³/mol. The van der Waals surface area contributed by atoms with Crippen LogP contribution in [0.5, 0.6) is 0 Å². The van der Waals surface area contributed by atoms with Gasteiger partial charge in [0.2, 0.25) is 0 Å². The van der Waals surface area contributed by atoms with Crippen molar-refractivity contribution in [1.82, 2.24) is 4.90 Å². The lowest BCUT2D eigenvalue weighted by Crippen LogP contribution is -2.32. The molecule has 1 amide bonds. The summed E-state index contributed by atoms with van der Waals surface area (Å²) in [5.74, 6) is 0.738. The molecular formula is C16H22Cl2N2O. The molecule has 0 spiro atoms. The highest BCUT2D eigenvalue weighted by molar-refractivity contribution is 6.39. The molecule has 116 valence electrons. The number of likely N-dealkylation sites (tertiary alicyclic amines) is 1. The Labute approximate surface area is 136 Å². The van der Waals surface area contributed by atoms with Crippen molar-refractivity contribution in [2.45, 2.75) is 39.0 Å². The minimum Gasteiger partial charge on any atom is -0.396 e. The molecule has 3 nitrogen and oxygen atoms in total. The van der Waals surface area contributed by atoms with Gasteiger partial charge in [-0.3, -0.25) is 4.79 Å². The van der Waals surface area contributed by atoms with Crippen molar-refractivity contribution in [2.24, 2.45) is 5.92 Å². The van der Waals surface area contributed by atoms with Gasteiger partial charge in [-0.25, -0.2) is 0 Å². The number of carbonyl (C=O) groups is 1. The third kappa shape index (κ3) is 4.04. The summed E-state index contributed by atoms with van der Waals surface area (Å²) in [7, 11) is 0. The van der Waals surface area contributed by atoms with Crippen LogP contribution < -0.4 is 5.73 Å². The fourth-order valence-electron chi connectivity index (χ4n) is 2.96. The van der Waals surface area contributed by atoms with Gasteiger partial charge in [0.1, 0.15) is 0 Å². The largest absolute Gasteiger partial charge is 0.396 e. The van der Waals surface area contributed by atoms with Crippen LogP contribution in [-0.4, -0.2) is 23.9 Å². The first-order valence-electron chi connectivity index (χ1n) is 7.56. The number of benzene rings is 1.